The molecule has 0 bridgehead atoms. The van der Waals surface area contributed by atoms with E-state index in [2.05, 4.69) is 188 Å². The monoisotopic (exact) mass is 701 g/mol. The van der Waals surface area contributed by atoms with Gasteiger partial charge in [0, 0.05) is 28.5 Å². The van der Waals surface area contributed by atoms with Crippen LogP contribution in [-0.2, 0) is 5.41 Å². The molecule has 55 heavy (non-hydrogen) atoms. The molecule has 0 saturated carbocycles. The summed E-state index contributed by atoms with van der Waals surface area (Å²) in [7, 11) is 0. The lowest BCUT2D eigenvalue weighted by Crippen LogP contribution is -2.28. The molecule has 0 saturated heterocycles. The second-order valence-corrected chi connectivity index (χ2v) is 14.0. The number of aromatic nitrogens is 3. The second-order valence-electron chi connectivity index (χ2n) is 14.0. The Kier molecular flexibility index (Phi) is 8.04. The van der Waals surface area contributed by atoms with Gasteiger partial charge in [-0.15, -0.1) is 0 Å². The van der Waals surface area contributed by atoms with Crippen LogP contribution in [0.5, 0.6) is 0 Å². The standard InChI is InChI=1S/C52H35N3/c1-3-16-36(17-4-1)38-20-13-21-39(32-38)50-35-49(37-18-5-2-6-19-37)54-51(55-50)41-23-15-25-43(34-41)52(42-24-14-22-40(33-42)48-30-11-12-31-53-48)46-28-9-7-26-44(46)45-27-8-10-29-47(45)52/h1-35H. The smallest absolute Gasteiger partial charge is 0.160 e. The Bertz CT molecular complexity index is 2770. The molecule has 3 nitrogen and oxygen atoms in total. The number of benzene rings is 7. The minimum absolute atomic E-state index is 0.599. The number of hydrogen-bond acceptors (Lipinski definition) is 3. The highest BCUT2D eigenvalue weighted by atomic mass is 14.9. The highest BCUT2D eigenvalue weighted by molar-refractivity contribution is 5.87. The third kappa shape index (κ3) is 5.65. The van der Waals surface area contributed by atoms with Gasteiger partial charge in [-0.2, -0.15) is 0 Å². The third-order valence-electron chi connectivity index (χ3n) is 10.8. The van der Waals surface area contributed by atoms with Crippen LogP contribution in [0.3, 0.4) is 0 Å². The summed E-state index contributed by atoms with van der Waals surface area (Å²) in [4.78, 5) is 15.3. The first-order chi connectivity index (χ1) is 27.3. The van der Waals surface area contributed by atoms with E-state index in [9.17, 15) is 0 Å². The molecule has 258 valence electrons. The Morgan fingerprint density at radius 2 is 0.800 bits per heavy atom. The quantitative estimate of drug-likeness (QED) is 0.166. The van der Waals surface area contributed by atoms with Gasteiger partial charge in [0.15, 0.2) is 5.82 Å². The number of rotatable bonds is 7. The Morgan fingerprint density at radius 1 is 0.309 bits per heavy atom. The van der Waals surface area contributed by atoms with E-state index in [1.165, 1.54) is 33.4 Å². The van der Waals surface area contributed by atoms with Crippen LogP contribution in [0.4, 0.5) is 0 Å². The normalized spacial score (nSPS) is 12.5. The Labute approximate surface area is 321 Å². The van der Waals surface area contributed by atoms with Crippen molar-refractivity contribution in [3.05, 3.63) is 235 Å². The summed E-state index contributed by atoms with van der Waals surface area (Å²) < 4.78 is 0. The summed E-state index contributed by atoms with van der Waals surface area (Å²) in [6.07, 6.45) is 1.86. The molecule has 1 aliphatic rings. The van der Waals surface area contributed by atoms with Gasteiger partial charge in [-0.05, 0) is 80.9 Å². The summed E-state index contributed by atoms with van der Waals surface area (Å²) in [5.41, 5.74) is 15.9. The van der Waals surface area contributed by atoms with Crippen molar-refractivity contribution in [1.82, 2.24) is 15.0 Å². The van der Waals surface area contributed by atoms with Gasteiger partial charge in [-0.1, -0.05) is 170 Å². The van der Waals surface area contributed by atoms with Crippen molar-refractivity contribution in [2.75, 3.05) is 0 Å². The number of nitrogens with zero attached hydrogens (tertiary/aromatic N) is 3. The van der Waals surface area contributed by atoms with Gasteiger partial charge in [-0.3, -0.25) is 4.98 Å². The minimum Gasteiger partial charge on any atom is -0.256 e. The van der Waals surface area contributed by atoms with Gasteiger partial charge >= 0.3 is 0 Å². The van der Waals surface area contributed by atoms with Crippen LogP contribution in [0.15, 0.2) is 212 Å². The molecule has 0 amide bonds. The molecule has 0 unspecified atom stereocenters. The van der Waals surface area contributed by atoms with Crippen molar-refractivity contribution in [3.63, 3.8) is 0 Å². The topological polar surface area (TPSA) is 38.7 Å². The largest absolute Gasteiger partial charge is 0.256 e. The van der Waals surface area contributed by atoms with Crippen molar-refractivity contribution in [2.24, 2.45) is 0 Å². The molecule has 9 aromatic rings. The first-order valence-electron chi connectivity index (χ1n) is 18.7. The van der Waals surface area contributed by atoms with E-state index < -0.39 is 5.41 Å². The number of hydrogen-bond donors (Lipinski definition) is 0. The Balaban J connectivity index is 1.19. The van der Waals surface area contributed by atoms with Crippen LogP contribution in [0, 0.1) is 0 Å². The number of fused-ring (bicyclic) bond motifs is 3. The maximum Gasteiger partial charge on any atom is 0.160 e. The summed E-state index contributed by atoms with van der Waals surface area (Å²) >= 11 is 0. The fourth-order valence-electron chi connectivity index (χ4n) is 8.33. The van der Waals surface area contributed by atoms with Gasteiger partial charge in [0.05, 0.1) is 22.5 Å². The van der Waals surface area contributed by atoms with E-state index in [0.717, 1.165) is 50.5 Å². The Morgan fingerprint density at radius 3 is 1.45 bits per heavy atom. The molecule has 3 heteroatoms. The SMILES string of the molecule is c1ccc(-c2cccc(-c3cc(-c4ccccc4)nc(-c4cccc(C5(c6cccc(-c7ccccn7)c6)c6ccccc6-c6ccccc65)c4)n3)c2)cc1. The fraction of sp³-hybridized carbons (Fsp3) is 0.0192. The molecular formula is C52H35N3. The predicted molar refractivity (Wildman–Crippen MR) is 224 cm³/mol. The zero-order chi connectivity index (χ0) is 36.6. The molecule has 0 radical (unpaired) electrons. The molecule has 1 aliphatic carbocycles. The fourth-order valence-corrected chi connectivity index (χ4v) is 8.33. The summed E-state index contributed by atoms with van der Waals surface area (Å²) in [6, 6.07) is 73.2. The van der Waals surface area contributed by atoms with E-state index >= 15 is 0 Å². The van der Waals surface area contributed by atoms with Gasteiger partial charge in [-0.25, -0.2) is 9.97 Å². The highest BCUT2D eigenvalue weighted by Gasteiger charge is 2.46. The van der Waals surface area contributed by atoms with E-state index in [-0.39, 0.29) is 0 Å². The van der Waals surface area contributed by atoms with Gasteiger partial charge in [0.1, 0.15) is 0 Å². The van der Waals surface area contributed by atoms with Crippen LogP contribution < -0.4 is 0 Å². The van der Waals surface area contributed by atoms with E-state index in [0.29, 0.717) is 5.82 Å². The molecule has 7 aromatic carbocycles. The molecular weight excluding hydrogens is 667 g/mol. The molecule has 0 fully saturated rings. The lowest BCUT2D eigenvalue weighted by atomic mass is 9.67. The Hall–Kier alpha value is -7.23. The first-order valence-corrected chi connectivity index (χ1v) is 18.7. The van der Waals surface area contributed by atoms with E-state index in [1.807, 2.05) is 24.4 Å². The molecule has 0 spiro atoms. The van der Waals surface area contributed by atoms with Gasteiger partial charge in [0.2, 0.25) is 0 Å². The highest BCUT2D eigenvalue weighted by Crippen LogP contribution is 2.56. The summed E-state index contributed by atoms with van der Waals surface area (Å²) in [5, 5.41) is 0. The second kappa shape index (κ2) is 13.6. The van der Waals surface area contributed by atoms with Crippen LogP contribution in [0.1, 0.15) is 22.3 Å². The van der Waals surface area contributed by atoms with Crippen molar-refractivity contribution in [3.8, 4) is 67.4 Å². The number of pyridine rings is 1. The van der Waals surface area contributed by atoms with Crippen LogP contribution >= 0.6 is 0 Å². The van der Waals surface area contributed by atoms with Crippen molar-refractivity contribution < 1.29 is 0 Å². The van der Waals surface area contributed by atoms with E-state index in [4.69, 9.17) is 15.0 Å². The molecule has 0 atom stereocenters. The summed E-state index contributed by atoms with van der Waals surface area (Å²) in [5.74, 6) is 0.681. The average Bonchev–Trinajstić information content (AvgIpc) is 3.58. The molecule has 0 N–H and O–H groups in total. The van der Waals surface area contributed by atoms with E-state index in [1.54, 1.807) is 0 Å². The lowest BCUT2D eigenvalue weighted by molar-refractivity contribution is 0.769. The minimum atomic E-state index is -0.599. The van der Waals surface area contributed by atoms with Crippen molar-refractivity contribution in [2.45, 2.75) is 5.41 Å². The molecule has 2 heterocycles. The van der Waals surface area contributed by atoms with Crippen LogP contribution in [-0.4, -0.2) is 15.0 Å². The third-order valence-corrected chi connectivity index (χ3v) is 10.8. The molecule has 2 aromatic heterocycles. The van der Waals surface area contributed by atoms with Crippen molar-refractivity contribution in [1.29, 1.82) is 0 Å². The predicted octanol–water partition coefficient (Wildman–Crippen LogP) is 12.6. The maximum atomic E-state index is 5.32. The zero-order valence-electron chi connectivity index (χ0n) is 30.0. The average molecular weight is 702 g/mol. The zero-order valence-corrected chi connectivity index (χ0v) is 30.0. The lowest BCUT2D eigenvalue weighted by Gasteiger charge is -2.34. The maximum absolute atomic E-state index is 5.32. The first kappa shape index (κ1) is 32.4. The van der Waals surface area contributed by atoms with Crippen molar-refractivity contribution >= 4 is 0 Å². The van der Waals surface area contributed by atoms with Crippen LogP contribution in [0.2, 0.25) is 0 Å². The van der Waals surface area contributed by atoms with Crippen LogP contribution in [0.25, 0.3) is 67.4 Å². The molecule has 0 aliphatic heterocycles. The summed E-state index contributed by atoms with van der Waals surface area (Å²) in [6.45, 7) is 0. The van der Waals surface area contributed by atoms with Gasteiger partial charge < -0.3 is 0 Å². The van der Waals surface area contributed by atoms with Gasteiger partial charge in [0.25, 0.3) is 0 Å². The molecule has 10 rings (SSSR count).